The number of hydrogen-bond acceptors (Lipinski definition) is 1. The molecule has 1 rings (SSSR count). The van der Waals surface area contributed by atoms with E-state index >= 15 is 0 Å². The Kier molecular flexibility index (Phi) is 5.60. The van der Waals surface area contributed by atoms with Crippen LogP contribution in [0.3, 0.4) is 0 Å². The van der Waals surface area contributed by atoms with Crippen molar-refractivity contribution in [3.63, 3.8) is 0 Å². The van der Waals surface area contributed by atoms with E-state index in [4.69, 9.17) is 0 Å². The normalized spacial score (nSPS) is 9.93. The molecule has 0 spiro atoms. The van der Waals surface area contributed by atoms with Crippen LogP contribution in [0.25, 0.3) is 0 Å². The highest BCUT2D eigenvalue weighted by Crippen LogP contribution is 2.09. The molecule has 1 aromatic carbocycles. The number of allylic oxidation sites excluding steroid dienone is 1. The van der Waals surface area contributed by atoms with Crippen LogP contribution in [0.5, 0.6) is 0 Å². The van der Waals surface area contributed by atoms with Gasteiger partial charge in [-0.15, -0.1) is 0 Å². The minimum Gasteiger partial charge on any atom is -0.392 e. The van der Waals surface area contributed by atoms with E-state index in [0.717, 1.165) is 12.1 Å². The lowest BCUT2D eigenvalue weighted by atomic mass is 10.1. The van der Waals surface area contributed by atoms with Gasteiger partial charge in [0.05, 0.1) is 0 Å². The van der Waals surface area contributed by atoms with Gasteiger partial charge in [-0.25, -0.2) is 0 Å². The van der Waals surface area contributed by atoms with Gasteiger partial charge in [-0.2, -0.15) is 0 Å². The first-order valence-electron chi connectivity index (χ1n) is 5.72. The standard InChI is InChI=1S/C14H21N/c1-13(15-2)9-5-3-6-10-14-11-7-4-8-12-14/h4,7-8,11-12,15H,1,3,5-6,9-10H2,2H3. The highest BCUT2D eigenvalue weighted by molar-refractivity contribution is 5.14. The maximum Gasteiger partial charge on any atom is 0.00310 e. The molecule has 0 aromatic heterocycles. The minimum absolute atomic E-state index is 1.10. The molecule has 0 amide bonds. The Labute approximate surface area is 93.2 Å². The van der Waals surface area contributed by atoms with Gasteiger partial charge in [-0.3, -0.25) is 0 Å². The molecule has 15 heavy (non-hydrogen) atoms. The van der Waals surface area contributed by atoms with Crippen molar-refractivity contribution >= 4 is 0 Å². The molecular formula is C14H21N. The van der Waals surface area contributed by atoms with Crippen molar-refractivity contribution in [3.8, 4) is 0 Å². The van der Waals surface area contributed by atoms with Gasteiger partial charge in [0, 0.05) is 12.7 Å². The minimum atomic E-state index is 1.10. The van der Waals surface area contributed by atoms with E-state index in [0.29, 0.717) is 0 Å². The molecule has 0 saturated heterocycles. The van der Waals surface area contributed by atoms with Crippen molar-refractivity contribution in [1.82, 2.24) is 5.32 Å². The Morgan fingerprint density at radius 3 is 2.53 bits per heavy atom. The van der Waals surface area contributed by atoms with Gasteiger partial charge >= 0.3 is 0 Å². The van der Waals surface area contributed by atoms with E-state index < -0.39 is 0 Å². The third kappa shape index (κ3) is 5.26. The molecule has 0 fully saturated rings. The van der Waals surface area contributed by atoms with Crippen LogP contribution < -0.4 is 5.32 Å². The van der Waals surface area contributed by atoms with Crippen molar-refractivity contribution in [1.29, 1.82) is 0 Å². The van der Waals surface area contributed by atoms with E-state index in [1.807, 2.05) is 7.05 Å². The molecule has 1 heteroatoms. The quantitative estimate of drug-likeness (QED) is 0.669. The molecule has 0 aliphatic carbocycles. The zero-order valence-corrected chi connectivity index (χ0v) is 9.63. The lowest BCUT2D eigenvalue weighted by Crippen LogP contribution is -2.03. The van der Waals surface area contributed by atoms with E-state index in [9.17, 15) is 0 Å². The number of benzene rings is 1. The summed E-state index contributed by atoms with van der Waals surface area (Å²) in [5, 5.41) is 3.08. The Hall–Kier alpha value is -1.24. The highest BCUT2D eigenvalue weighted by atomic mass is 14.8. The monoisotopic (exact) mass is 203 g/mol. The van der Waals surface area contributed by atoms with Crippen molar-refractivity contribution in [2.75, 3.05) is 7.05 Å². The maximum atomic E-state index is 3.92. The molecule has 0 bridgehead atoms. The summed E-state index contributed by atoms with van der Waals surface area (Å²) < 4.78 is 0. The largest absolute Gasteiger partial charge is 0.392 e. The Morgan fingerprint density at radius 1 is 1.13 bits per heavy atom. The summed E-state index contributed by atoms with van der Waals surface area (Å²) in [6, 6.07) is 10.7. The number of nitrogens with one attached hydrogen (secondary N) is 1. The van der Waals surface area contributed by atoms with E-state index in [1.165, 1.54) is 31.2 Å². The van der Waals surface area contributed by atoms with Gasteiger partial charge in [0.25, 0.3) is 0 Å². The summed E-state index contributed by atoms with van der Waals surface area (Å²) in [5.41, 5.74) is 2.60. The Morgan fingerprint density at radius 2 is 1.87 bits per heavy atom. The topological polar surface area (TPSA) is 12.0 Å². The van der Waals surface area contributed by atoms with Gasteiger partial charge in [0.2, 0.25) is 0 Å². The summed E-state index contributed by atoms with van der Waals surface area (Å²) in [7, 11) is 1.94. The number of hydrogen-bond donors (Lipinski definition) is 1. The summed E-state index contributed by atoms with van der Waals surface area (Å²) in [6.07, 6.45) is 6.11. The first-order chi connectivity index (χ1) is 7.33. The van der Waals surface area contributed by atoms with E-state index in [1.54, 1.807) is 0 Å². The first kappa shape index (κ1) is 11.8. The van der Waals surface area contributed by atoms with Crippen molar-refractivity contribution in [3.05, 3.63) is 48.2 Å². The zero-order chi connectivity index (χ0) is 10.9. The molecule has 1 N–H and O–H groups in total. The van der Waals surface area contributed by atoms with Crippen LogP contribution in [0.2, 0.25) is 0 Å². The van der Waals surface area contributed by atoms with E-state index in [-0.39, 0.29) is 0 Å². The lowest BCUT2D eigenvalue weighted by molar-refractivity contribution is 0.661. The predicted molar refractivity (Wildman–Crippen MR) is 66.8 cm³/mol. The van der Waals surface area contributed by atoms with Crippen LogP contribution in [0, 0.1) is 0 Å². The first-order valence-corrected chi connectivity index (χ1v) is 5.72. The number of aryl methyl sites for hydroxylation is 1. The van der Waals surface area contributed by atoms with Crippen molar-refractivity contribution < 1.29 is 0 Å². The zero-order valence-electron chi connectivity index (χ0n) is 9.63. The van der Waals surface area contributed by atoms with Gasteiger partial charge < -0.3 is 5.32 Å². The van der Waals surface area contributed by atoms with Gasteiger partial charge in [-0.05, 0) is 31.2 Å². The predicted octanol–water partition coefficient (Wildman–Crippen LogP) is 3.52. The summed E-state index contributed by atoms with van der Waals surface area (Å²) >= 11 is 0. The third-order valence-corrected chi connectivity index (χ3v) is 2.64. The van der Waals surface area contributed by atoms with Gasteiger partial charge in [0.1, 0.15) is 0 Å². The van der Waals surface area contributed by atoms with E-state index in [2.05, 4.69) is 42.2 Å². The number of rotatable bonds is 7. The molecule has 0 heterocycles. The van der Waals surface area contributed by atoms with Gasteiger partial charge in [-0.1, -0.05) is 43.3 Å². The molecular weight excluding hydrogens is 182 g/mol. The number of unbranched alkanes of at least 4 members (excludes halogenated alkanes) is 2. The second-order valence-electron chi connectivity index (χ2n) is 3.90. The van der Waals surface area contributed by atoms with Gasteiger partial charge in [0.15, 0.2) is 0 Å². The van der Waals surface area contributed by atoms with Crippen LogP contribution in [-0.2, 0) is 6.42 Å². The Bertz CT molecular complexity index is 277. The van der Waals surface area contributed by atoms with Crippen molar-refractivity contribution in [2.24, 2.45) is 0 Å². The van der Waals surface area contributed by atoms with Crippen molar-refractivity contribution in [2.45, 2.75) is 32.1 Å². The fourth-order valence-electron chi connectivity index (χ4n) is 1.61. The maximum absolute atomic E-state index is 3.92. The average Bonchev–Trinajstić information content (AvgIpc) is 2.29. The van der Waals surface area contributed by atoms with Crippen LogP contribution in [0.4, 0.5) is 0 Å². The lowest BCUT2D eigenvalue weighted by Gasteiger charge is -2.04. The molecule has 0 unspecified atom stereocenters. The average molecular weight is 203 g/mol. The molecule has 0 radical (unpaired) electrons. The SMILES string of the molecule is C=C(CCCCCc1ccccc1)NC. The smallest absolute Gasteiger partial charge is 0.00310 e. The van der Waals surface area contributed by atoms with Crippen LogP contribution in [0.15, 0.2) is 42.6 Å². The molecule has 1 nitrogen and oxygen atoms in total. The molecule has 0 aliphatic rings. The fourth-order valence-corrected chi connectivity index (χ4v) is 1.61. The second-order valence-corrected chi connectivity index (χ2v) is 3.90. The summed E-state index contributed by atoms with van der Waals surface area (Å²) in [6.45, 7) is 3.92. The van der Waals surface area contributed by atoms with Crippen LogP contribution in [-0.4, -0.2) is 7.05 Å². The highest BCUT2D eigenvalue weighted by Gasteiger charge is 1.94. The summed E-state index contributed by atoms with van der Waals surface area (Å²) in [4.78, 5) is 0. The molecule has 0 saturated carbocycles. The second kappa shape index (κ2) is 7.10. The molecule has 0 atom stereocenters. The van der Waals surface area contributed by atoms with Crippen LogP contribution >= 0.6 is 0 Å². The molecule has 82 valence electrons. The Balaban J connectivity index is 2.05. The fraction of sp³-hybridized carbons (Fsp3) is 0.429. The third-order valence-electron chi connectivity index (χ3n) is 2.64. The summed E-state index contributed by atoms with van der Waals surface area (Å²) in [5.74, 6) is 0. The molecule has 0 aliphatic heterocycles. The molecule has 1 aromatic rings. The van der Waals surface area contributed by atoms with Crippen LogP contribution in [0.1, 0.15) is 31.2 Å².